The summed E-state index contributed by atoms with van der Waals surface area (Å²) in [6, 6.07) is 3.67. The second-order valence-corrected chi connectivity index (χ2v) is 9.64. The maximum atomic E-state index is 13.6. The highest BCUT2D eigenvalue weighted by Crippen LogP contribution is 2.46. The summed E-state index contributed by atoms with van der Waals surface area (Å²) in [6.07, 6.45) is 2.95. The molecule has 2 N–H and O–H groups in total. The Morgan fingerprint density at radius 2 is 1.97 bits per heavy atom. The van der Waals surface area contributed by atoms with Crippen LogP contribution in [0.4, 0.5) is 0 Å². The smallest absolute Gasteiger partial charge is 0.343 e. The lowest BCUT2D eigenvalue weighted by Crippen LogP contribution is -2.44. The number of hydrogen-bond donors (Lipinski definition) is 2. The number of aliphatic hydroxyl groups is 1. The van der Waals surface area contributed by atoms with Crippen LogP contribution in [0.5, 0.6) is 11.5 Å². The molecule has 0 unspecified atom stereocenters. The monoisotopic (exact) mass is 491 g/mol. The van der Waals surface area contributed by atoms with Crippen molar-refractivity contribution in [2.24, 2.45) is 0 Å². The van der Waals surface area contributed by atoms with E-state index in [1.807, 2.05) is 13.1 Å². The van der Waals surface area contributed by atoms with Gasteiger partial charge in [-0.05, 0) is 37.9 Å². The molecule has 1 atom stereocenters. The highest BCUT2D eigenvalue weighted by atomic mass is 16.7. The van der Waals surface area contributed by atoms with E-state index in [9.17, 15) is 14.7 Å². The number of ether oxygens (including phenoxy) is 3. The lowest BCUT2D eigenvalue weighted by Gasteiger charge is -2.31. The maximum Gasteiger partial charge on any atom is 0.343 e. The van der Waals surface area contributed by atoms with Gasteiger partial charge in [0.2, 0.25) is 6.79 Å². The van der Waals surface area contributed by atoms with Crippen molar-refractivity contribution in [1.82, 2.24) is 14.9 Å². The van der Waals surface area contributed by atoms with Crippen LogP contribution >= 0.6 is 0 Å². The summed E-state index contributed by atoms with van der Waals surface area (Å²) in [4.78, 5) is 31.2. The van der Waals surface area contributed by atoms with Gasteiger partial charge < -0.3 is 29.2 Å². The van der Waals surface area contributed by atoms with Gasteiger partial charge >= 0.3 is 5.97 Å². The van der Waals surface area contributed by atoms with Gasteiger partial charge in [0.25, 0.3) is 5.56 Å². The number of aryl methyl sites for hydroxylation is 1. The number of pyridine rings is 2. The molecular formula is C27H29N3O6. The van der Waals surface area contributed by atoms with E-state index in [0.29, 0.717) is 41.4 Å². The molecule has 3 aliphatic heterocycles. The van der Waals surface area contributed by atoms with Gasteiger partial charge in [-0.3, -0.25) is 4.79 Å². The summed E-state index contributed by atoms with van der Waals surface area (Å²) < 4.78 is 18.5. The number of carbonyl (C=O) groups excluding carboxylic acids is 1. The molecule has 0 radical (unpaired) electrons. The van der Waals surface area contributed by atoms with E-state index in [1.54, 1.807) is 17.6 Å². The van der Waals surface area contributed by atoms with E-state index < -0.39 is 11.6 Å². The normalized spacial score (nSPS) is 19.3. The third kappa shape index (κ3) is 3.05. The van der Waals surface area contributed by atoms with Crippen molar-refractivity contribution in [3.05, 3.63) is 50.3 Å². The van der Waals surface area contributed by atoms with E-state index in [2.05, 4.69) is 12.2 Å². The van der Waals surface area contributed by atoms with Gasteiger partial charge in [-0.15, -0.1) is 0 Å². The molecule has 0 spiro atoms. The Hall–Kier alpha value is -3.43. The largest absolute Gasteiger partial charge is 0.458 e. The lowest BCUT2D eigenvalue weighted by molar-refractivity contribution is -0.172. The van der Waals surface area contributed by atoms with Crippen molar-refractivity contribution >= 4 is 16.9 Å². The fourth-order valence-electron chi connectivity index (χ4n) is 5.77. The number of aromatic nitrogens is 2. The molecule has 0 aliphatic carbocycles. The molecule has 188 valence electrons. The average molecular weight is 492 g/mol. The molecule has 2 aromatic heterocycles. The summed E-state index contributed by atoms with van der Waals surface area (Å²) >= 11 is 0. The van der Waals surface area contributed by atoms with Gasteiger partial charge in [-0.25, -0.2) is 9.78 Å². The van der Waals surface area contributed by atoms with E-state index in [-0.39, 0.29) is 25.4 Å². The van der Waals surface area contributed by atoms with E-state index in [4.69, 9.17) is 19.2 Å². The zero-order valence-corrected chi connectivity index (χ0v) is 20.7. The SMILES string of the molecule is CCCCc1c2c(nc3cc4c(c(CNC)c13)OCO4)-c1cc3c(c(=O)n1C2)COC(=O)[C@]3(O)CC. The van der Waals surface area contributed by atoms with Crippen LogP contribution in [0, 0.1) is 0 Å². The summed E-state index contributed by atoms with van der Waals surface area (Å²) in [7, 11) is 1.89. The first-order chi connectivity index (χ1) is 17.4. The number of esters is 1. The van der Waals surface area contributed by atoms with Crippen LogP contribution < -0.4 is 20.3 Å². The van der Waals surface area contributed by atoms with Crippen molar-refractivity contribution in [1.29, 1.82) is 0 Å². The minimum atomic E-state index is -1.85. The molecule has 36 heavy (non-hydrogen) atoms. The highest BCUT2D eigenvalue weighted by molar-refractivity contribution is 5.94. The van der Waals surface area contributed by atoms with Crippen molar-refractivity contribution < 1.29 is 24.1 Å². The molecule has 0 saturated carbocycles. The molecule has 0 fully saturated rings. The van der Waals surface area contributed by atoms with Gasteiger partial charge in [0.15, 0.2) is 17.1 Å². The van der Waals surface area contributed by atoms with Crippen molar-refractivity contribution in [2.45, 2.75) is 64.8 Å². The van der Waals surface area contributed by atoms with E-state index >= 15 is 0 Å². The summed E-state index contributed by atoms with van der Waals surface area (Å²) in [5.41, 5.74) is 3.80. The molecule has 9 nitrogen and oxygen atoms in total. The number of nitrogens with one attached hydrogen (secondary N) is 1. The summed E-state index contributed by atoms with van der Waals surface area (Å²) in [5.74, 6) is 0.674. The number of carbonyl (C=O) groups is 1. The Bertz CT molecular complexity index is 1490. The molecule has 0 bridgehead atoms. The van der Waals surface area contributed by atoms with Crippen molar-refractivity contribution in [3.63, 3.8) is 0 Å². The number of hydrogen-bond acceptors (Lipinski definition) is 8. The fraction of sp³-hybridized carbons (Fsp3) is 0.444. The quantitative estimate of drug-likeness (QED) is 0.396. The Morgan fingerprint density at radius 3 is 2.72 bits per heavy atom. The van der Waals surface area contributed by atoms with Crippen LogP contribution in [0.15, 0.2) is 16.9 Å². The molecular weight excluding hydrogens is 462 g/mol. The van der Waals surface area contributed by atoms with E-state index in [1.165, 1.54) is 0 Å². The van der Waals surface area contributed by atoms with Crippen LogP contribution in [-0.4, -0.2) is 34.5 Å². The molecule has 0 amide bonds. The first-order valence-corrected chi connectivity index (χ1v) is 12.5. The Morgan fingerprint density at radius 1 is 1.14 bits per heavy atom. The number of fused-ring (bicyclic) bond motifs is 6. The average Bonchev–Trinajstić information content (AvgIpc) is 3.49. The highest BCUT2D eigenvalue weighted by Gasteiger charge is 2.45. The Kier molecular flexibility index (Phi) is 5.31. The second-order valence-electron chi connectivity index (χ2n) is 9.64. The topological polar surface area (TPSA) is 112 Å². The zero-order valence-electron chi connectivity index (χ0n) is 20.7. The minimum Gasteiger partial charge on any atom is -0.458 e. The molecule has 0 saturated heterocycles. The first-order valence-electron chi connectivity index (χ1n) is 12.5. The second kappa shape index (κ2) is 8.31. The van der Waals surface area contributed by atoms with Crippen molar-refractivity contribution in [3.8, 4) is 22.9 Å². The number of nitrogens with zero attached hydrogens (tertiary/aromatic N) is 2. The zero-order chi connectivity index (χ0) is 25.2. The number of rotatable bonds is 6. The molecule has 3 aromatic rings. The first kappa shape index (κ1) is 23.0. The van der Waals surface area contributed by atoms with E-state index in [0.717, 1.165) is 52.6 Å². The molecule has 1 aromatic carbocycles. The third-order valence-corrected chi connectivity index (χ3v) is 7.66. The number of benzene rings is 1. The number of unbranched alkanes of at least 4 members (excludes halogenated alkanes) is 1. The van der Waals surface area contributed by atoms with Crippen LogP contribution in [0.2, 0.25) is 0 Å². The Labute approximate surface area is 208 Å². The van der Waals surface area contributed by atoms with Crippen LogP contribution in [0.1, 0.15) is 60.9 Å². The fourth-order valence-corrected chi connectivity index (χ4v) is 5.77. The predicted octanol–water partition coefficient (Wildman–Crippen LogP) is 2.87. The lowest BCUT2D eigenvalue weighted by atomic mass is 9.86. The maximum absolute atomic E-state index is 13.6. The third-order valence-electron chi connectivity index (χ3n) is 7.66. The molecule has 5 heterocycles. The van der Waals surface area contributed by atoms with Crippen LogP contribution in [-0.2, 0) is 41.2 Å². The summed E-state index contributed by atoms with van der Waals surface area (Å²) in [6.45, 7) is 4.86. The van der Waals surface area contributed by atoms with Crippen molar-refractivity contribution in [2.75, 3.05) is 13.8 Å². The predicted molar refractivity (Wildman–Crippen MR) is 132 cm³/mol. The van der Waals surface area contributed by atoms with Gasteiger partial charge in [0, 0.05) is 34.7 Å². The molecule has 9 heteroatoms. The van der Waals surface area contributed by atoms with Gasteiger partial charge in [-0.1, -0.05) is 20.3 Å². The van der Waals surface area contributed by atoms with Crippen LogP contribution in [0.3, 0.4) is 0 Å². The molecule has 3 aliphatic rings. The number of cyclic esters (lactones) is 1. The van der Waals surface area contributed by atoms with Gasteiger partial charge in [-0.2, -0.15) is 0 Å². The molecule has 6 rings (SSSR count). The van der Waals surface area contributed by atoms with Gasteiger partial charge in [0.05, 0.1) is 29.0 Å². The summed E-state index contributed by atoms with van der Waals surface area (Å²) in [5, 5.41) is 15.5. The van der Waals surface area contributed by atoms with Crippen LogP contribution in [0.25, 0.3) is 22.3 Å². The standard InChI is InChI=1S/C27H29N3O6/c1-4-6-7-14-16-11-30-20(8-18-17(25(30)31)12-34-26(32)27(18,33)5-2)23(16)29-19-9-21-24(36-13-35-21)15(10-28-3)22(14)19/h8-9,28,33H,4-7,10-13H2,1-3H3/t27-/m0/s1. The van der Waals surface area contributed by atoms with Gasteiger partial charge in [0.1, 0.15) is 6.61 Å². The minimum absolute atomic E-state index is 0.109. The Balaban J connectivity index is 1.66.